The Labute approximate surface area is 205 Å². The average Bonchev–Trinajstić information content (AvgIpc) is 2.79. The second-order valence-electron chi connectivity index (χ2n) is 9.31. The number of hydrogen-bond acceptors (Lipinski definition) is 4. The second kappa shape index (κ2) is 11.5. The SMILES string of the molecule is CC(C)(C)OC(=O)N1CCC(N(CCc2ccc(Br)cc2)C(=O)OCc2ccccc2)CC1. The molecule has 6 nitrogen and oxygen atoms in total. The molecular formula is C26H33BrN2O4. The highest BCUT2D eigenvalue weighted by molar-refractivity contribution is 9.10. The van der Waals surface area contributed by atoms with Gasteiger partial charge in [-0.05, 0) is 63.3 Å². The minimum atomic E-state index is -0.522. The van der Waals surface area contributed by atoms with Crippen LogP contribution >= 0.6 is 15.9 Å². The molecule has 0 saturated carbocycles. The fourth-order valence-electron chi connectivity index (χ4n) is 3.81. The van der Waals surface area contributed by atoms with E-state index in [0.29, 0.717) is 32.5 Å². The van der Waals surface area contributed by atoms with E-state index in [9.17, 15) is 9.59 Å². The molecule has 1 heterocycles. The Balaban J connectivity index is 1.62. The standard InChI is InChI=1S/C26H33BrN2O4/c1-26(2,3)33-24(30)28-16-14-23(15-17-28)29(18-13-20-9-11-22(27)12-10-20)25(31)32-19-21-7-5-4-6-8-21/h4-12,23H,13-19H2,1-3H3. The monoisotopic (exact) mass is 516 g/mol. The lowest BCUT2D eigenvalue weighted by atomic mass is 10.0. The van der Waals surface area contributed by atoms with Gasteiger partial charge in [0.25, 0.3) is 0 Å². The minimum absolute atomic E-state index is 0.0161. The molecule has 178 valence electrons. The number of halogens is 1. The third-order valence-electron chi connectivity index (χ3n) is 5.55. The van der Waals surface area contributed by atoms with Gasteiger partial charge in [-0.1, -0.05) is 58.4 Å². The van der Waals surface area contributed by atoms with Crippen molar-refractivity contribution < 1.29 is 19.1 Å². The highest BCUT2D eigenvalue weighted by Gasteiger charge is 2.32. The summed E-state index contributed by atoms with van der Waals surface area (Å²) in [7, 11) is 0. The predicted octanol–water partition coefficient (Wildman–Crippen LogP) is 6.03. The van der Waals surface area contributed by atoms with Crippen LogP contribution in [0.5, 0.6) is 0 Å². The molecule has 0 N–H and O–H groups in total. The van der Waals surface area contributed by atoms with Gasteiger partial charge in [-0.25, -0.2) is 9.59 Å². The molecule has 2 amide bonds. The minimum Gasteiger partial charge on any atom is -0.445 e. The molecule has 0 radical (unpaired) electrons. The number of carbonyl (C=O) groups excluding carboxylic acids is 2. The van der Waals surface area contributed by atoms with Crippen molar-refractivity contribution in [3.8, 4) is 0 Å². The summed E-state index contributed by atoms with van der Waals surface area (Å²) in [4.78, 5) is 29.1. The van der Waals surface area contributed by atoms with Crippen molar-refractivity contribution in [1.29, 1.82) is 0 Å². The van der Waals surface area contributed by atoms with Gasteiger partial charge < -0.3 is 19.3 Å². The van der Waals surface area contributed by atoms with E-state index in [1.807, 2.05) is 68.1 Å². The fraction of sp³-hybridized carbons (Fsp3) is 0.462. The Morgan fingerprint density at radius 2 is 1.64 bits per heavy atom. The van der Waals surface area contributed by atoms with Gasteiger partial charge in [0.15, 0.2) is 0 Å². The van der Waals surface area contributed by atoms with Gasteiger partial charge in [0, 0.05) is 30.1 Å². The van der Waals surface area contributed by atoms with Crippen LogP contribution in [0.2, 0.25) is 0 Å². The Morgan fingerprint density at radius 3 is 2.24 bits per heavy atom. The molecule has 3 rings (SSSR count). The summed E-state index contributed by atoms with van der Waals surface area (Å²) >= 11 is 3.46. The number of rotatable bonds is 6. The molecule has 7 heteroatoms. The van der Waals surface area contributed by atoms with Crippen LogP contribution in [0.1, 0.15) is 44.7 Å². The van der Waals surface area contributed by atoms with E-state index < -0.39 is 5.60 Å². The predicted molar refractivity (Wildman–Crippen MR) is 132 cm³/mol. The molecule has 0 aliphatic carbocycles. The molecule has 1 aliphatic heterocycles. The van der Waals surface area contributed by atoms with Crippen molar-refractivity contribution in [2.75, 3.05) is 19.6 Å². The van der Waals surface area contributed by atoms with Crippen LogP contribution < -0.4 is 0 Å². The van der Waals surface area contributed by atoms with Crippen LogP contribution in [0.4, 0.5) is 9.59 Å². The maximum atomic E-state index is 13.1. The molecule has 1 aliphatic rings. The number of likely N-dealkylation sites (tertiary alicyclic amines) is 1. The maximum absolute atomic E-state index is 13.1. The van der Waals surface area contributed by atoms with Gasteiger partial charge in [0.2, 0.25) is 0 Å². The van der Waals surface area contributed by atoms with Gasteiger partial charge in [-0.2, -0.15) is 0 Å². The third kappa shape index (κ3) is 8.07. The van der Waals surface area contributed by atoms with E-state index in [1.165, 1.54) is 0 Å². The van der Waals surface area contributed by atoms with E-state index in [1.54, 1.807) is 4.90 Å². The highest BCUT2D eigenvalue weighted by Crippen LogP contribution is 2.21. The molecule has 0 aromatic heterocycles. The van der Waals surface area contributed by atoms with E-state index in [4.69, 9.17) is 9.47 Å². The van der Waals surface area contributed by atoms with Crippen molar-refractivity contribution in [3.63, 3.8) is 0 Å². The van der Waals surface area contributed by atoms with Gasteiger partial charge >= 0.3 is 12.2 Å². The first-order chi connectivity index (χ1) is 15.7. The molecule has 2 aromatic carbocycles. The zero-order valence-corrected chi connectivity index (χ0v) is 21.2. The number of piperidine rings is 1. The Hall–Kier alpha value is -2.54. The van der Waals surface area contributed by atoms with Gasteiger partial charge in [0.05, 0.1) is 0 Å². The van der Waals surface area contributed by atoms with Crippen LogP contribution in [-0.4, -0.2) is 53.3 Å². The summed E-state index contributed by atoms with van der Waals surface area (Å²) in [5, 5.41) is 0. The van der Waals surface area contributed by atoms with Gasteiger partial charge in [0.1, 0.15) is 12.2 Å². The van der Waals surface area contributed by atoms with Crippen molar-refractivity contribution in [1.82, 2.24) is 9.80 Å². The largest absolute Gasteiger partial charge is 0.445 e. The summed E-state index contributed by atoms with van der Waals surface area (Å²) in [6.07, 6.45) is 1.51. The maximum Gasteiger partial charge on any atom is 0.410 e. The van der Waals surface area contributed by atoms with Crippen LogP contribution in [0.25, 0.3) is 0 Å². The third-order valence-corrected chi connectivity index (χ3v) is 6.08. The first-order valence-electron chi connectivity index (χ1n) is 11.4. The van der Waals surface area contributed by atoms with E-state index in [0.717, 1.165) is 22.0 Å². The molecular weight excluding hydrogens is 484 g/mol. The molecule has 0 atom stereocenters. The van der Waals surface area contributed by atoms with Crippen molar-refractivity contribution >= 4 is 28.1 Å². The quantitative estimate of drug-likeness (QED) is 0.470. The number of benzene rings is 2. The topological polar surface area (TPSA) is 59.1 Å². The van der Waals surface area contributed by atoms with E-state index >= 15 is 0 Å². The highest BCUT2D eigenvalue weighted by atomic mass is 79.9. The van der Waals surface area contributed by atoms with Gasteiger partial charge in [-0.15, -0.1) is 0 Å². The average molecular weight is 517 g/mol. The lowest BCUT2D eigenvalue weighted by Crippen LogP contribution is -2.50. The zero-order chi connectivity index (χ0) is 23.8. The Morgan fingerprint density at radius 1 is 1.00 bits per heavy atom. The molecule has 0 unspecified atom stereocenters. The second-order valence-corrected chi connectivity index (χ2v) is 10.2. The molecule has 1 saturated heterocycles. The fourth-order valence-corrected chi connectivity index (χ4v) is 4.08. The molecule has 0 bridgehead atoms. The first kappa shape index (κ1) is 25.1. The lowest BCUT2D eigenvalue weighted by Gasteiger charge is -2.38. The molecule has 33 heavy (non-hydrogen) atoms. The lowest BCUT2D eigenvalue weighted by molar-refractivity contribution is 0.0134. The summed E-state index contributed by atoms with van der Waals surface area (Å²) in [5.74, 6) is 0. The van der Waals surface area contributed by atoms with Crippen molar-refractivity contribution in [3.05, 3.63) is 70.2 Å². The van der Waals surface area contributed by atoms with Crippen molar-refractivity contribution in [2.24, 2.45) is 0 Å². The number of ether oxygens (including phenoxy) is 2. The summed E-state index contributed by atoms with van der Waals surface area (Å²) in [5.41, 5.74) is 1.59. The van der Waals surface area contributed by atoms with Crippen molar-refractivity contribution in [2.45, 2.75) is 58.3 Å². The first-order valence-corrected chi connectivity index (χ1v) is 12.2. The van der Waals surface area contributed by atoms with E-state index in [-0.39, 0.29) is 24.8 Å². The normalized spacial score (nSPS) is 14.6. The van der Waals surface area contributed by atoms with Crippen LogP contribution in [0, 0.1) is 0 Å². The number of amides is 2. The Kier molecular flexibility index (Phi) is 8.78. The van der Waals surface area contributed by atoms with Crippen LogP contribution in [0.15, 0.2) is 59.1 Å². The number of nitrogens with zero attached hydrogens (tertiary/aromatic N) is 2. The summed E-state index contributed by atoms with van der Waals surface area (Å²) in [6, 6.07) is 17.8. The summed E-state index contributed by atoms with van der Waals surface area (Å²) < 4.78 is 12.2. The smallest absolute Gasteiger partial charge is 0.410 e. The summed E-state index contributed by atoms with van der Waals surface area (Å²) in [6.45, 7) is 7.51. The zero-order valence-electron chi connectivity index (χ0n) is 19.6. The Bertz CT molecular complexity index is 904. The number of carbonyl (C=O) groups is 2. The van der Waals surface area contributed by atoms with Gasteiger partial charge in [-0.3, -0.25) is 0 Å². The molecule has 2 aromatic rings. The van der Waals surface area contributed by atoms with Crippen LogP contribution in [-0.2, 0) is 22.5 Å². The number of hydrogen-bond donors (Lipinski definition) is 0. The molecule has 0 spiro atoms. The van der Waals surface area contributed by atoms with E-state index in [2.05, 4.69) is 28.1 Å². The molecule has 1 fully saturated rings. The van der Waals surface area contributed by atoms with Crippen LogP contribution in [0.3, 0.4) is 0 Å².